The molecule has 0 N–H and O–H groups in total. The first-order chi connectivity index (χ1) is 11.3. The van der Waals surface area contributed by atoms with Crippen LogP contribution in [0, 0.1) is 6.57 Å². The molecule has 4 nitrogen and oxygen atoms in total. The molecule has 0 amide bonds. The Bertz CT molecular complexity index is 850. The zero-order valence-electron chi connectivity index (χ0n) is 14.9. The highest BCUT2D eigenvalue weighted by Crippen LogP contribution is 2.41. The molecule has 0 bridgehead atoms. The Balaban J connectivity index is 2.07. The Morgan fingerprint density at radius 3 is 2.62 bits per heavy atom. The van der Waals surface area contributed by atoms with E-state index < -0.39 is 0 Å². The van der Waals surface area contributed by atoms with E-state index in [-0.39, 0.29) is 11.5 Å². The molecule has 0 saturated carbocycles. The van der Waals surface area contributed by atoms with Crippen molar-refractivity contribution in [2.75, 3.05) is 0 Å². The van der Waals surface area contributed by atoms with Crippen molar-refractivity contribution in [1.29, 1.82) is 0 Å². The highest BCUT2D eigenvalue weighted by Gasteiger charge is 2.31. The second-order valence-corrected chi connectivity index (χ2v) is 7.21. The summed E-state index contributed by atoms with van der Waals surface area (Å²) in [5.74, 6) is 1.46. The van der Waals surface area contributed by atoms with Crippen molar-refractivity contribution in [3.8, 4) is 11.3 Å². The van der Waals surface area contributed by atoms with Crippen molar-refractivity contribution < 1.29 is 4.74 Å². The third kappa shape index (κ3) is 2.82. The van der Waals surface area contributed by atoms with E-state index in [1.807, 2.05) is 37.6 Å². The van der Waals surface area contributed by atoms with Crippen molar-refractivity contribution >= 4 is 17.4 Å². The average molecular weight is 321 g/mol. The molecule has 1 aromatic heterocycles. The van der Waals surface area contributed by atoms with Gasteiger partial charge in [0.15, 0.2) is 5.90 Å². The van der Waals surface area contributed by atoms with Crippen LogP contribution in [0.2, 0.25) is 0 Å². The summed E-state index contributed by atoms with van der Waals surface area (Å²) in [6, 6.07) is 10.2. The lowest BCUT2D eigenvalue weighted by molar-refractivity contribution is 0.214. The Hall–Kier alpha value is -2.54. The molecule has 0 spiro atoms. The average Bonchev–Trinajstić information content (AvgIpc) is 2.86. The molecule has 2 heterocycles. The number of ether oxygens (including phenoxy) is 1. The molecule has 0 atom stereocenters. The first-order valence-corrected chi connectivity index (χ1v) is 8.24. The molecule has 1 aliphatic heterocycles. The summed E-state index contributed by atoms with van der Waals surface area (Å²) >= 11 is 0. The number of aromatic nitrogens is 1. The first kappa shape index (κ1) is 16.3. The van der Waals surface area contributed by atoms with Crippen molar-refractivity contribution in [2.24, 2.45) is 12.0 Å². The molecular weight excluding hydrogens is 298 g/mol. The minimum Gasteiger partial charge on any atom is -0.478 e. The lowest BCUT2D eigenvalue weighted by atomic mass is 9.78. The molecule has 2 aromatic rings. The Morgan fingerprint density at radius 2 is 2.00 bits per heavy atom. The van der Waals surface area contributed by atoms with E-state index in [1.54, 1.807) is 0 Å². The van der Waals surface area contributed by atoms with Crippen LogP contribution in [0.15, 0.2) is 35.3 Å². The molecule has 1 aliphatic rings. The maximum atomic E-state index is 7.23. The van der Waals surface area contributed by atoms with E-state index >= 15 is 0 Å². The van der Waals surface area contributed by atoms with Gasteiger partial charge in [-0.25, -0.2) is 4.99 Å². The fourth-order valence-corrected chi connectivity index (χ4v) is 3.22. The summed E-state index contributed by atoms with van der Waals surface area (Å²) in [6.07, 6.45) is 0.929. The second-order valence-electron chi connectivity index (χ2n) is 7.21. The Kier molecular flexibility index (Phi) is 3.96. The van der Waals surface area contributed by atoms with Crippen LogP contribution in [0.5, 0.6) is 0 Å². The molecule has 0 unspecified atom stereocenters. The van der Waals surface area contributed by atoms with Gasteiger partial charge in [-0.3, -0.25) is 4.57 Å². The number of aliphatic imine (C=N–C) groups is 1. The van der Waals surface area contributed by atoms with Gasteiger partial charge >= 0.3 is 0 Å². The van der Waals surface area contributed by atoms with E-state index in [0.717, 1.165) is 29.3 Å². The van der Waals surface area contributed by atoms with E-state index in [1.165, 1.54) is 5.56 Å². The highest BCUT2D eigenvalue weighted by atomic mass is 16.5. The maximum absolute atomic E-state index is 7.23. The van der Waals surface area contributed by atoms with Crippen LogP contribution in [0.25, 0.3) is 16.1 Å². The zero-order chi connectivity index (χ0) is 17.5. The third-order valence-electron chi connectivity index (χ3n) is 4.44. The fraction of sp³-hybridized carbons (Fsp3) is 0.400. The normalized spacial score (nSPS) is 15.6. The second kappa shape index (κ2) is 5.83. The van der Waals surface area contributed by atoms with Crippen LogP contribution in [0.4, 0.5) is 11.5 Å². The Labute approximate surface area is 143 Å². The molecule has 0 fully saturated rings. The van der Waals surface area contributed by atoms with Crippen molar-refractivity contribution in [2.45, 2.75) is 45.6 Å². The molecular formula is C20H23N3O. The van der Waals surface area contributed by atoms with E-state index in [0.29, 0.717) is 5.82 Å². The van der Waals surface area contributed by atoms with Crippen molar-refractivity contribution in [3.05, 3.63) is 47.3 Å². The maximum Gasteiger partial charge on any atom is 0.230 e. The van der Waals surface area contributed by atoms with Crippen LogP contribution >= 0.6 is 0 Å². The van der Waals surface area contributed by atoms with Gasteiger partial charge in [0, 0.05) is 17.4 Å². The van der Waals surface area contributed by atoms with Gasteiger partial charge in [-0.1, -0.05) is 20.4 Å². The van der Waals surface area contributed by atoms with Gasteiger partial charge < -0.3 is 9.58 Å². The van der Waals surface area contributed by atoms with Gasteiger partial charge in [0.2, 0.25) is 5.82 Å². The number of hydrogen-bond acceptors (Lipinski definition) is 2. The number of fused-ring (bicyclic) bond motifs is 1. The van der Waals surface area contributed by atoms with Crippen LogP contribution in [0.3, 0.4) is 0 Å². The summed E-state index contributed by atoms with van der Waals surface area (Å²) in [4.78, 5) is 8.24. The van der Waals surface area contributed by atoms with E-state index in [9.17, 15) is 0 Å². The largest absolute Gasteiger partial charge is 0.478 e. The number of nitrogens with zero attached hydrogens (tertiary/aromatic N) is 3. The minimum absolute atomic E-state index is 0.0366. The van der Waals surface area contributed by atoms with Crippen LogP contribution in [0.1, 0.15) is 39.7 Å². The van der Waals surface area contributed by atoms with Gasteiger partial charge in [-0.05, 0) is 49.7 Å². The molecule has 0 aliphatic carbocycles. The smallest absolute Gasteiger partial charge is 0.230 e. The molecule has 3 rings (SSSR count). The van der Waals surface area contributed by atoms with Crippen molar-refractivity contribution in [1.82, 2.24) is 4.57 Å². The molecule has 1 aromatic carbocycles. The third-order valence-corrected chi connectivity index (χ3v) is 4.44. The summed E-state index contributed by atoms with van der Waals surface area (Å²) in [5.41, 5.74) is 4.33. The predicted molar refractivity (Wildman–Crippen MR) is 98.1 cm³/mol. The van der Waals surface area contributed by atoms with Gasteiger partial charge in [0.25, 0.3) is 0 Å². The van der Waals surface area contributed by atoms with Gasteiger partial charge in [-0.2, -0.15) is 0 Å². The molecule has 0 saturated heterocycles. The van der Waals surface area contributed by atoms with E-state index in [4.69, 9.17) is 16.3 Å². The van der Waals surface area contributed by atoms with Crippen LogP contribution < -0.4 is 0 Å². The molecule has 0 radical (unpaired) electrons. The fourth-order valence-electron chi connectivity index (χ4n) is 3.22. The minimum atomic E-state index is -0.0366. The first-order valence-electron chi connectivity index (χ1n) is 8.24. The summed E-state index contributed by atoms with van der Waals surface area (Å²) in [6.45, 7) is 15.7. The van der Waals surface area contributed by atoms with E-state index in [2.05, 4.69) is 36.9 Å². The highest BCUT2D eigenvalue weighted by molar-refractivity contribution is 5.85. The molecule has 24 heavy (non-hydrogen) atoms. The molecule has 4 heteroatoms. The van der Waals surface area contributed by atoms with Crippen LogP contribution in [-0.4, -0.2) is 16.6 Å². The molecule has 124 valence electrons. The summed E-state index contributed by atoms with van der Waals surface area (Å²) in [7, 11) is 1.93. The number of rotatable bonds is 2. The topological polar surface area (TPSA) is 30.9 Å². The predicted octanol–water partition coefficient (Wildman–Crippen LogP) is 5.38. The van der Waals surface area contributed by atoms with Gasteiger partial charge in [0.05, 0.1) is 18.8 Å². The lowest BCUT2D eigenvalue weighted by Gasteiger charge is -2.32. The summed E-state index contributed by atoms with van der Waals surface area (Å²) < 4.78 is 7.78. The number of hydrogen-bond donors (Lipinski definition) is 0. The lowest BCUT2D eigenvalue weighted by Crippen LogP contribution is -2.28. The SMILES string of the molecule is [C-]#[N+]c1ccc(-c2ccc3c(c2)C(C)(C)CC(OC(C)C)=N3)n1C. The monoisotopic (exact) mass is 321 g/mol. The van der Waals surface area contributed by atoms with Crippen molar-refractivity contribution in [3.63, 3.8) is 0 Å². The quantitative estimate of drug-likeness (QED) is 0.683. The Morgan fingerprint density at radius 1 is 1.25 bits per heavy atom. The summed E-state index contributed by atoms with van der Waals surface area (Å²) in [5, 5.41) is 0. The standard InChI is InChI=1S/C20H23N3O/c1-13(2)24-19-12-20(3,4)15-11-14(7-8-16(15)22-19)17-9-10-18(21-5)23(17)6/h7-11,13H,12H2,1-4,6H3. The number of benzene rings is 1. The van der Waals surface area contributed by atoms with Gasteiger partial charge in [-0.15, -0.1) is 0 Å². The zero-order valence-corrected chi connectivity index (χ0v) is 14.9. The van der Waals surface area contributed by atoms with Gasteiger partial charge in [0.1, 0.15) is 5.69 Å². The van der Waals surface area contributed by atoms with Crippen LogP contribution in [-0.2, 0) is 17.2 Å².